The Hall–Kier alpha value is -4.12. The molecule has 3 aliphatic heterocycles. The second-order valence-electron chi connectivity index (χ2n) is 8.00. The SMILES string of the molecule is O=C(O)C1COCC2c3cccc([N+](=O)[O-])c3CC(N3C(=O)c4ccccc4C3=O)C(=O)N12. The molecule has 3 atom stereocenters. The summed E-state index contributed by atoms with van der Waals surface area (Å²) in [5.74, 6) is -3.49. The number of morpholine rings is 1. The van der Waals surface area contributed by atoms with Gasteiger partial charge in [0, 0.05) is 18.1 Å². The summed E-state index contributed by atoms with van der Waals surface area (Å²) in [5, 5.41) is 21.5. The first kappa shape index (κ1) is 20.8. The molecule has 0 spiro atoms. The van der Waals surface area contributed by atoms with Crippen LogP contribution in [-0.4, -0.2) is 68.8 Å². The Bertz CT molecular complexity index is 1210. The number of ether oxygens (including phenoxy) is 1. The van der Waals surface area contributed by atoms with Gasteiger partial charge >= 0.3 is 5.97 Å². The fourth-order valence-electron chi connectivity index (χ4n) is 4.85. The van der Waals surface area contributed by atoms with E-state index >= 15 is 0 Å². The molecule has 0 radical (unpaired) electrons. The number of fused-ring (bicyclic) bond motifs is 4. The Morgan fingerprint density at radius 3 is 2.27 bits per heavy atom. The summed E-state index contributed by atoms with van der Waals surface area (Å²) in [7, 11) is 0. The molecule has 168 valence electrons. The summed E-state index contributed by atoms with van der Waals surface area (Å²) in [6.45, 7) is -0.352. The summed E-state index contributed by atoms with van der Waals surface area (Å²) in [6, 6.07) is 6.66. The normalized spacial score (nSPS) is 24.1. The maximum Gasteiger partial charge on any atom is 0.328 e. The van der Waals surface area contributed by atoms with Gasteiger partial charge < -0.3 is 14.7 Å². The molecule has 1 saturated heterocycles. The third kappa shape index (κ3) is 3.00. The van der Waals surface area contributed by atoms with Crippen molar-refractivity contribution in [2.45, 2.75) is 24.5 Å². The van der Waals surface area contributed by atoms with E-state index in [0.29, 0.717) is 5.56 Å². The van der Waals surface area contributed by atoms with Gasteiger partial charge in [-0.05, 0) is 17.7 Å². The van der Waals surface area contributed by atoms with Crippen LogP contribution in [0.3, 0.4) is 0 Å². The van der Waals surface area contributed by atoms with E-state index < -0.39 is 46.7 Å². The number of carboxylic acids is 1. The van der Waals surface area contributed by atoms with Gasteiger partial charge in [0.15, 0.2) is 6.04 Å². The highest BCUT2D eigenvalue weighted by Gasteiger charge is 2.51. The Balaban J connectivity index is 1.70. The Labute approximate surface area is 186 Å². The molecule has 11 nitrogen and oxygen atoms in total. The topological polar surface area (TPSA) is 147 Å². The number of hydrogen-bond acceptors (Lipinski definition) is 7. The smallest absolute Gasteiger partial charge is 0.328 e. The summed E-state index contributed by atoms with van der Waals surface area (Å²) in [5.41, 5.74) is 0.495. The van der Waals surface area contributed by atoms with Crippen LogP contribution in [0.4, 0.5) is 5.69 Å². The second-order valence-corrected chi connectivity index (χ2v) is 8.00. The van der Waals surface area contributed by atoms with E-state index in [9.17, 15) is 34.4 Å². The highest BCUT2D eigenvalue weighted by molar-refractivity contribution is 6.23. The van der Waals surface area contributed by atoms with E-state index in [1.54, 1.807) is 18.2 Å². The average Bonchev–Trinajstić information content (AvgIpc) is 2.98. The summed E-state index contributed by atoms with van der Waals surface area (Å²) < 4.78 is 5.44. The third-order valence-corrected chi connectivity index (χ3v) is 6.33. The largest absolute Gasteiger partial charge is 0.480 e. The van der Waals surface area contributed by atoms with Crippen molar-refractivity contribution in [3.05, 3.63) is 74.8 Å². The molecule has 3 aliphatic rings. The zero-order valence-electron chi connectivity index (χ0n) is 17.0. The van der Waals surface area contributed by atoms with Crippen molar-refractivity contribution < 1.29 is 33.9 Å². The Kier molecular flexibility index (Phi) is 4.71. The number of rotatable bonds is 3. The van der Waals surface area contributed by atoms with Crippen LogP contribution in [-0.2, 0) is 20.7 Å². The number of aliphatic carboxylic acids is 1. The summed E-state index contributed by atoms with van der Waals surface area (Å²) in [4.78, 5) is 65.0. The number of amides is 3. The van der Waals surface area contributed by atoms with Gasteiger partial charge in [0.2, 0.25) is 5.91 Å². The number of benzene rings is 2. The molecule has 1 fully saturated rings. The minimum Gasteiger partial charge on any atom is -0.480 e. The second kappa shape index (κ2) is 7.48. The molecular weight excluding hydrogens is 434 g/mol. The maximum absolute atomic E-state index is 13.8. The first-order chi connectivity index (χ1) is 15.8. The minimum atomic E-state index is -1.44. The number of carboxylic acid groups (broad SMARTS) is 1. The number of nitrogens with zero attached hydrogens (tertiary/aromatic N) is 3. The van der Waals surface area contributed by atoms with Crippen molar-refractivity contribution in [1.29, 1.82) is 0 Å². The van der Waals surface area contributed by atoms with Crippen LogP contribution in [0.15, 0.2) is 42.5 Å². The van der Waals surface area contributed by atoms with Gasteiger partial charge in [-0.15, -0.1) is 0 Å². The number of nitro benzene ring substituents is 1. The molecule has 33 heavy (non-hydrogen) atoms. The highest BCUT2D eigenvalue weighted by atomic mass is 16.6. The molecular formula is C22H17N3O8. The number of carbonyl (C=O) groups excluding carboxylic acids is 3. The number of hydrogen-bond donors (Lipinski definition) is 1. The Morgan fingerprint density at radius 1 is 1.00 bits per heavy atom. The van der Waals surface area contributed by atoms with Crippen LogP contribution in [0, 0.1) is 10.1 Å². The van der Waals surface area contributed by atoms with Crippen LogP contribution in [0.5, 0.6) is 0 Å². The molecule has 0 aliphatic carbocycles. The maximum atomic E-state index is 13.8. The van der Waals surface area contributed by atoms with Crippen LogP contribution in [0.25, 0.3) is 0 Å². The lowest BCUT2D eigenvalue weighted by atomic mass is 9.95. The number of carbonyl (C=O) groups is 4. The third-order valence-electron chi connectivity index (χ3n) is 6.33. The van der Waals surface area contributed by atoms with Crippen LogP contribution < -0.4 is 0 Å². The first-order valence-corrected chi connectivity index (χ1v) is 10.2. The predicted octanol–water partition coefficient (Wildman–Crippen LogP) is 1.17. The predicted molar refractivity (Wildman–Crippen MR) is 109 cm³/mol. The monoisotopic (exact) mass is 451 g/mol. The van der Waals surface area contributed by atoms with Crippen molar-refractivity contribution in [2.75, 3.05) is 13.2 Å². The van der Waals surface area contributed by atoms with Crippen molar-refractivity contribution in [1.82, 2.24) is 9.80 Å². The molecule has 0 aromatic heterocycles. The summed E-state index contributed by atoms with van der Waals surface area (Å²) in [6.07, 6.45) is -0.309. The van der Waals surface area contributed by atoms with E-state index in [1.807, 2.05) is 0 Å². The highest BCUT2D eigenvalue weighted by Crippen LogP contribution is 2.40. The molecule has 0 saturated carbocycles. The fraction of sp³-hybridized carbons (Fsp3) is 0.273. The van der Waals surface area contributed by atoms with Gasteiger partial charge in [0.1, 0.15) is 6.04 Å². The van der Waals surface area contributed by atoms with Crippen LogP contribution in [0.1, 0.15) is 37.9 Å². The lowest BCUT2D eigenvalue weighted by Crippen LogP contribution is -2.59. The van der Waals surface area contributed by atoms with Crippen molar-refractivity contribution in [3.8, 4) is 0 Å². The first-order valence-electron chi connectivity index (χ1n) is 10.2. The van der Waals surface area contributed by atoms with Gasteiger partial charge in [0.05, 0.1) is 35.3 Å². The van der Waals surface area contributed by atoms with E-state index in [4.69, 9.17) is 4.74 Å². The number of imide groups is 1. The van der Waals surface area contributed by atoms with E-state index in [2.05, 4.69) is 0 Å². The summed E-state index contributed by atoms with van der Waals surface area (Å²) >= 11 is 0. The van der Waals surface area contributed by atoms with Gasteiger partial charge in [-0.2, -0.15) is 0 Å². The lowest BCUT2D eigenvalue weighted by Gasteiger charge is -2.41. The molecule has 11 heteroatoms. The molecule has 0 bridgehead atoms. The molecule has 3 amide bonds. The van der Waals surface area contributed by atoms with Crippen molar-refractivity contribution >= 4 is 29.4 Å². The molecule has 2 aromatic carbocycles. The average molecular weight is 451 g/mol. The van der Waals surface area contributed by atoms with E-state index in [1.165, 1.54) is 24.3 Å². The van der Waals surface area contributed by atoms with Crippen LogP contribution in [0.2, 0.25) is 0 Å². The molecule has 3 heterocycles. The zero-order chi connectivity index (χ0) is 23.4. The molecule has 2 aromatic rings. The van der Waals surface area contributed by atoms with Gasteiger partial charge in [-0.3, -0.25) is 29.4 Å². The quantitative estimate of drug-likeness (QED) is 0.415. The Morgan fingerprint density at radius 2 is 1.67 bits per heavy atom. The van der Waals surface area contributed by atoms with Gasteiger partial charge in [-0.1, -0.05) is 24.3 Å². The van der Waals surface area contributed by atoms with Crippen molar-refractivity contribution in [2.24, 2.45) is 0 Å². The minimum absolute atomic E-state index is 0.0709. The van der Waals surface area contributed by atoms with E-state index in [-0.39, 0.29) is 42.0 Å². The number of nitro groups is 1. The molecule has 1 N–H and O–H groups in total. The van der Waals surface area contributed by atoms with Crippen LogP contribution >= 0.6 is 0 Å². The van der Waals surface area contributed by atoms with Gasteiger partial charge in [0.25, 0.3) is 17.5 Å². The van der Waals surface area contributed by atoms with Gasteiger partial charge in [-0.25, -0.2) is 4.79 Å². The standard InChI is InChI=1S/C22H17N3O8/c26-19-12-4-1-2-5-13(12)20(27)24(19)16-8-14-11(6-3-7-15(14)25(31)32)17-9-33-10-18(22(29)30)23(17)21(16)28/h1-7,16-18H,8-10H2,(H,29,30). The molecule has 5 rings (SSSR count). The lowest BCUT2D eigenvalue weighted by molar-refractivity contribution is -0.385. The van der Waals surface area contributed by atoms with E-state index in [0.717, 1.165) is 9.80 Å². The molecule has 3 unspecified atom stereocenters. The van der Waals surface area contributed by atoms with Crippen molar-refractivity contribution in [3.63, 3.8) is 0 Å². The zero-order valence-corrected chi connectivity index (χ0v) is 17.0. The fourth-order valence-corrected chi connectivity index (χ4v) is 4.85.